The first-order chi connectivity index (χ1) is 7.97. The summed E-state index contributed by atoms with van der Waals surface area (Å²) < 4.78 is 18.5. The SMILES string of the molecule is COCCNCC(C)(O)c1ccc(Cl)cc1F. The highest BCUT2D eigenvalue weighted by molar-refractivity contribution is 6.30. The van der Waals surface area contributed by atoms with E-state index in [4.69, 9.17) is 16.3 Å². The fourth-order valence-electron chi connectivity index (χ4n) is 1.53. The molecule has 17 heavy (non-hydrogen) atoms. The third-order valence-corrected chi connectivity index (χ3v) is 2.70. The van der Waals surface area contributed by atoms with Gasteiger partial charge in [0.15, 0.2) is 0 Å². The molecule has 0 aliphatic rings. The van der Waals surface area contributed by atoms with Gasteiger partial charge in [0.1, 0.15) is 11.4 Å². The summed E-state index contributed by atoms with van der Waals surface area (Å²) >= 11 is 5.66. The smallest absolute Gasteiger partial charge is 0.130 e. The van der Waals surface area contributed by atoms with Crippen LogP contribution in [0.4, 0.5) is 4.39 Å². The van der Waals surface area contributed by atoms with Crippen molar-refractivity contribution >= 4 is 11.6 Å². The van der Waals surface area contributed by atoms with Crippen molar-refractivity contribution in [3.63, 3.8) is 0 Å². The average molecular weight is 262 g/mol. The Hall–Kier alpha value is -0.680. The third kappa shape index (κ3) is 4.24. The first-order valence-electron chi connectivity index (χ1n) is 5.35. The Morgan fingerprint density at radius 1 is 1.53 bits per heavy atom. The molecule has 2 N–H and O–H groups in total. The summed E-state index contributed by atoms with van der Waals surface area (Å²) in [4.78, 5) is 0. The molecule has 1 atom stereocenters. The molecule has 1 aromatic rings. The van der Waals surface area contributed by atoms with Crippen LogP contribution in [0.15, 0.2) is 18.2 Å². The molecule has 0 aliphatic heterocycles. The molecule has 5 heteroatoms. The molecular weight excluding hydrogens is 245 g/mol. The van der Waals surface area contributed by atoms with E-state index in [1.807, 2.05) is 0 Å². The van der Waals surface area contributed by atoms with Crippen LogP contribution < -0.4 is 5.32 Å². The van der Waals surface area contributed by atoms with Gasteiger partial charge in [0.05, 0.1) is 6.61 Å². The van der Waals surface area contributed by atoms with Crippen molar-refractivity contribution < 1.29 is 14.2 Å². The predicted molar refractivity (Wildman–Crippen MR) is 65.7 cm³/mol. The van der Waals surface area contributed by atoms with Crippen molar-refractivity contribution in [2.24, 2.45) is 0 Å². The average Bonchev–Trinajstić information content (AvgIpc) is 2.24. The minimum Gasteiger partial charge on any atom is -0.384 e. The van der Waals surface area contributed by atoms with E-state index in [9.17, 15) is 9.50 Å². The quantitative estimate of drug-likeness (QED) is 0.769. The number of hydrogen-bond acceptors (Lipinski definition) is 3. The number of halogens is 2. The molecule has 0 saturated heterocycles. The summed E-state index contributed by atoms with van der Waals surface area (Å²) in [6.45, 7) is 2.94. The number of nitrogens with one attached hydrogen (secondary N) is 1. The van der Waals surface area contributed by atoms with E-state index in [0.29, 0.717) is 18.2 Å². The Morgan fingerprint density at radius 2 is 2.24 bits per heavy atom. The van der Waals surface area contributed by atoms with Crippen LogP contribution in [-0.2, 0) is 10.3 Å². The summed E-state index contributed by atoms with van der Waals surface area (Å²) in [5.41, 5.74) is -1.05. The molecule has 1 aromatic carbocycles. The van der Waals surface area contributed by atoms with Crippen LogP contribution in [0.3, 0.4) is 0 Å². The molecule has 3 nitrogen and oxygen atoms in total. The zero-order chi connectivity index (χ0) is 12.9. The highest BCUT2D eigenvalue weighted by Crippen LogP contribution is 2.25. The second kappa shape index (κ2) is 6.31. The normalized spacial score (nSPS) is 14.6. The largest absolute Gasteiger partial charge is 0.384 e. The fraction of sp³-hybridized carbons (Fsp3) is 0.500. The van der Waals surface area contributed by atoms with Gasteiger partial charge in [0.2, 0.25) is 0 Å². The van der Waals surface area contributed by atoms with Crippen molar-refractivity contribution in [3.05, 3.63) is 34.6 Å². The molecule has 1 unspecified atom stereocenters. The van der Waals surface area contributed by atoms with Gasteiger partial charge in [-0.15, -0.1) is 0 Å². The number of rotatable bonds is 6. The van der Waals surface area contributed by atoms with Crippen LogP contribution in [0.25, 0.3) is 0 Å². The standard InChI is InChI=1S/C12H17ClFNO2/c1-12(16,8-15-5-6-17-2)10-4-3-9(13)7-11(10)14/h3-4,7,15-16H,5-6,8H2,1-2H3. The monoisotopic (exact) mass is 261 g/mol. The Balaban J connectivity index is 2.68. The second-order valence-corrected chi connectivity index (χ2v) is 4.50. The summed E-state index contributed by atoms with van der Waals surface area (Å²) in [6, 6.07) is 4.25. The van der Waals surface area contributed by atoms with Gasteiger partial charge in [-0.1, -0.05) is 17.7 Å². The number of hydrogen-bond donors (Lipinski definition) is 2. The topological polar surface area (TPSA) is 41.5 Å². The molecule has 0 bridgehead atoms. The Labute approximate surface area is 106 Å². The lowest BCUT2D eigenvalue weighted by molar-refractivity contribution is 0.0514. The van der Waals surface area contributed by atoms with Gasteiger partial charge < -0.3 is 15.2 Å². The van der Waals surface area contributed by atoms with Gasteiger partial charge in [-0.25, -0.2) is 4.39 Å². The van der Waals surface area contributed by atoms with Crippen molar-refractivity contribution in [3.8, 4) is 0 Å². The fourth-order valence-corrected chi connectivity index (χ4v) is 1.69. The zero-order valence-electron chi connectivity index (χ0n) is 9.96. The zero-order valence-corrected chi connectivity index (χ0v) is 10.7. The molecular formula is C12H17ClFNO2. The van der Waals surface area contributed by atoms with Gasteiger partial charge in [-0.05, 0) is 19.1 Å². The molecule has 0 fully saturated rings. The lowest BCUT2D eigenvalue weighted by Crippen LogP contribution is -2.37. The van der Waals surface area contributed by atoms with E-state index >= 15 is 0 Å². The highest BCUT2D eigenvalue weighted by atomic mass is 35.5. The lowest BCUT2D eigenvalue weighted by atomic mass is 9.95. The number of aliphatic hydroxyl groups is 1. The first-order valence-corrected chi connectivity index (χ1v) is 5.73. The third-order valence-electron chi connectivity index (χ3n) is 2.46. The van der Waals surface area contributed by atoms with Gasteiger partial charge >= 0.3 is 0 Å². The van der Waals surface area contributed by atoms with Crippen molar-refractivity contribution in [1.82, 2.24) is 5.32 Å². The van der Waals surface area contributed by atoms with E-state index in [0.717, 1.165) is 0 Å². The molecule has 0 amide bonds. The van der Waals surface area contributed by atoms with Gasteiger partial charge in [-0.2, -0.15) is 0 Å². The summed E-state index contributed by atoms with van der Waals surface area (Å²) in [5, 5.41) is 13.5. The molecule has 96 valence electrons. The lowest BCUT2D eigenvalue weighted by Gasteiger charge is -2.24. The van der Waals surface area contributed by atoms with Crippen LogP contribution in [0, 0.1) is 5.82 Å². The second-order valence-electron chi connectivity index (χ2n) is 4.07. The van der Waals surface area contributed by atoms with Crippen LogP contribution >= 0.6 is 11.6 Å². The molecule has 0 saturated carbocycles. The minimum atomic E-state index is -1.28. The Morgan fingerprint density at radius 3 is 2.82 bits per heavy atom. The van der Waals surface area contributed by atoms with E-state index in [1.54, 1.807) is 20.1 Å². The number of ether oxygens (including phenoxy) is 1. The Bertz CT molecular complexity index is 372. The summed E-state index contributed by atoms with van der Waals surface area (Å²) in [7, 11) is 1.60. The Kier molecular flexibility index (Phi) is 5.33. The predicted octanol–water partition coefficient (Wildman–Crippen LogP) is 1.92. The van der Waals surface area contributed by atoms with Gasteiger partial charge in [0.25, 0.3) is 0 Å². The molecule has 0 spiro atoms. The van der Waals surface area contributed by atoms with Gasteiger partial charge in [-0.3, -0.25) is 0 Å². The van der Waals surface area contributed by atoms with E-state index in [-0.39, 0.29) is 12.1 Å². The van der Waals surface area contributed by atoms with E-state index < -0.39 is 11.4 Å². The summed E-state index contributed by atoms with van der Waals surface area (Å²) in [6.07, 6.45) is 0. The molecule has 0 aliphatic carbocycles. The molecule has 0 radical (unpaired) electrons. The van der Waals surface area contributed by atoms with E-state index in [1.165, 1.54) is 12.1 Å². The number of methoxy groups -OCH3 is 1. The minimum absolute atomic E-state index is 0.229. The van der Waals surface area contributed by atoms with Crippen molar-refractivity contribution in [2.75, 3.05) is 26.8 Å². The number of benzene rings is 1. The van der Waals surface area contributed by atoms with E-state index in [2.05, 4.69) is 5.32 Å². The maximum atomic E-state index is 13.6. The van der Waals surface area contributed by atoms with Crippen LogP contribution in [0.2, 0.25) is 5.02 Å². The highest BCUT2D eigenvalue weighted by Gasteiger charge is 2.26. The molecule has 0 heterocycles. The first kappa shape index (κ1) is 14.4. The van der Waals surface area contributed by atoms with Gasteiger partial charge in [0, 0.05) is 30.8 Å². The maximum Gasteiger partial charge on any atom is 0.130 e. The maximum absolute atomic E-state index is 13.6. The summed E-state index contributed by atoms with van der Waals surface area (Å²) in [5.74, 6) is -0.504. The van der Waals surface area contributed by atoms with Crippen LogP contribution in [-0.4, -0.2) is 31.9 Å². The molecule has 0 aromatic heterocycles. The van der Waals surface area contributed by atoms with Crippen LogP contribution in [0.1, 0.15) is 12.5 Å². The van der Waals surface area contributed by atoms with Crippen molar-refractivity contribution in [1.29, 1.82) is 0 Å². The van der Waals surface area contributed by atoms with Crippen LogP contribution in [0.5, 0.6) is 0 Å². The molecule has 1 rings (SSSR count). The van der Waals surface area contributed by atoms with Crippen molar-refractivity contribution in [2.45, 2.75) is 12.5 Å².